The molecule has 0 atom stereocenters. The van der Waals surface area contributed by atoms with E-state index in [4.69, 9.17) is 9.41 Å². The zero-order chi connectivity index (χ0) is 29.7. The summed E-state index contributed by atoms with van der Waals surface area (Å²) in [6.45, 7) is 20.9. The summed E-state index contributed by atoms with van der Waals surface area (Å²) in [5, 5.41) is 9.64. The van der Waals surface area contributed by atoms with Gasteiger partial charge in [-0.15, -0.1) is 0 Å². The zero-order valence-corrected chi connectivity index (χ0v) is 27.0. The van der Waals surface area contributed by atoms with Crippen molar-refractivity contribution < 1.29 is 4.43 Å². The van der Waals surface area contributed by atoms with Gasteiger partial charge in [-0.25, -0.2) is 4.98 Å². The summed E-state index contributed by atoms with van der Waals surface area (Å²) in [4.78, 5) is 19.0. The van der Waals surface area contributed by atoms with Crippen LogP contribution in [0.15, 0.2) is 53.3 Å². The van der Waals surface area contributed by atoms with Crippen LogP contribution < -0.4 is 5.56 Å². The number of aromatic nitrogens is 2. The molecule has 3 aromatic rings. The summed E-state index contributed by atoms with van der Waals surface area (Å²) in [5.74, 6) is 0.767. The van der Waals surface area contributed by atoms with Gasteiger partial charge in [-0.3, -0.25) is 9.36 Å². The standard InChI is InChI=1S/C34H47N3O2Si/c1-10-11-16-31-30(21-26-17-19-27(20-18-26)29-15-13-12-14-28(29)22-35)32(38)37(25(2)36-31)23-34(6,7)24-39-40(8,9)33(3,4)5/h12-15,17-20H,10-11,16,21,23-24H2,1-9H3. The first-order chi connectivity index (χ1) is 18.7. The summed E-state index contributed by atoms with van der Waals surface area (Å²) in [6, 6.07) is 18.1. The Balaban J connectivity index is 1.93. The highest BCUT2D eigenvalue weighted by Gasteiger charge is 2.38. The number of hydrogen-bond acceptors (Lipinski definition) is 4. The minimum absolute atomic E-state index is 0.0536. The van der Waals surface area contributed by atoms with Crippen LogP contribution >= 0.6 is 0 Å². The summed E-state index contributed by atoms with van der Waals surface area (Å²) in [7, 11) is -1.90. The van der Waals surface area contributed by atoms with Gasteiger partial charge in [0.05, 0.1) is 17.3 Å². The van der Waals surface area contributed by atoms with Gasteiger partial charge in [-0.2, -0.15) is 5.26 Å². The lowest BCUT2D eigenvalue weighted by Gasteiger charge is -2.39. The van der Waals surface area contributed by atoms with E-state index in [1.54, 1.807) is 0 Å². The molecule has 214 valence electrons. The number of nitriles is 1. The Labute approximate surface area is 242 Å². The largest absolute Gasteiger partial charge is 0.416 e. The van der Waals surface area contributed by atoms with Gasteiger partial charge in [-0.05, 0) is 60.7 Å². The molecule has 0 radical (unpaired) electrons. The van der Waals surface area contributed by atoms with Gasteiger partial charge >= 0.3 is 0 Å². The normalized spacial score (nSPS) is 12.4. The SMILES string of the molecule is CCCCc1nc(C)n(CC(C)(C)CO[Si](C)(C)C(C)(C)C)c(=O)c1Cc1ccc(-c2ccccc2C#N)cc1. The molecule has 0 aliphatic carbocycles. The molecule has 0 bridgehead atoms. The Bertz CT molecular complexity index is 1410. The highest BCUT2D eigenvalue weighted by Crippen LogP contribution is 2.37. The first-order valence-corrected chi connectivity index (χ1v) is 17.4. The number of rotatable bonds is 11. The van der Waals surface area contributed by atoms with Gasteiger partial charge in [0, 0.05) is 30.6 Å². The molecule has 0 spiro atoms. The molecular weight excluding hydrogens is 510 g/mol. The summed E-state index contributed by atoms with van der Waals surface area (Å²) in [5.41, 5.74) is 5.16. The lowest BCUT2D eigenvalue weighted by atomic mass is 9.94. The number of nitrogens with zero attached hydrogens (tertiary/aromatic N) is 3. The fraction of sp³-hybridized carbons (Fsp3) is 0.500. The van der Waals surface area contributed by atoms with Crippen LogP contribution in [0.4, 0.5) is 0 Å². The topological polar surface area (TPSA) is 67.9 Å². The van der Waals surface area contributed by atoms with Gasteiger partial charge in [0.15, 0.2) is 8.32 Å². The number of aryl methyl sites for hydroxylation is 2. The third-order valence-electron chi connectivity index (χ3n) is 8.22. The molecule has 0 amide bonds. The molecule has 3 rings (SSSR count). The quantitative estimate of drug-likeness (QED) is 0.224. The van der Waals surface area contributed by atoms with Crippen molar-refractivity contribution in [2.24, 2.45) is 5.41 Å². The fourth-order valence-electron chi connectivity index (χ4n) is 4.58. The van der Waals surface area contributed by atoms with Crippen molar-refractivity contribution in [2.45, 2.75) is 98.8 Å². The number of hydrogen-bond donors (Lipinski definition) is 0. The van der Waals surface area contributed by atoms with Crippen LogP contribution in [0.3, 0.4) is 0 Å². The molecule has 0 unspecified atom stereocenters. The molecule has 1 aromatic heterocycles. The second-order valence-corrected chi connectivity index (χ2v) is 18.1. The number of unbranched alkanes of at least 4 members (excludes halogenated alkanes) is 1. The van der Waals surface area contributed by atoms with Crippen molar-refractivity contribution in [2.75, 3.05) is 6.61 Å². The summed E-state index contributed by atoms with van der Waals surface area (Å²) < 4.78 is 8.42. The van der Waals surface area contributed by atoms with E-state index in [2.05, 4.69) is 72.8 Å². The lowest BCUT2D eigenvalue weighted by molar-refractivity contribution is 0.143. The Morgan fingerprint density at radius 1 is 1.02 bits per heavy atom. The second kappa shape index (κ2) is 12.7. The minimum Gasteiger partial charge on any atom is -0.416 e. The Hall–Kier alpha value is -3.01. The van der Waals surface area contributed by atoms with Crippen LogP contribution in [0.25, 0.3) is 11.1 Å². The molecule has 0 saturated heterocycles. The van der Waals surface area contributed by atoms with Crippen molar-refractivity contribution in [3.05, 3.63) is 87.1 Å². The van der Waals surface area contributed by atoms with Crippen LogP contribution in [0, 0.1) is 23.7 Å². The van der Waals surface area contributed by atoms with Gasteiger partial charge in [-0.1, -0.05) is 90.4 Å². The maximum Gasteiger partial charge on any atom is 0.257 e. The highest BCUT2D eigenvalue weighted by molar-refractivity contribution is 6.74. The van der Waals surface area contributed by atoms with Gasteiger partial charge in [0.1, 0.15) is 5.82 Å². The molecule has 0 N–H and O–H groups in total. The third-order valence-corrected chi connectivity index (χ3v) is 12.7. The zero-order valence-electron chi connectivity index (χ0n) is 26.0. The second-order valence-electron chi connectivity index (χ2n) is 13.3. The molecule has 0 aliphatic rings. The van der Waals surface area contributed by atoms with Crippen molar-refractivity contribution in [3.8, 4) is 17.2 Å². The highest BCUT2D eigenvalue weighted by atomic mass is 28.4. The van der Waals surface area contributed by atoms with Crippen molar-refractivity contribution in [1.82, 2.24) is 9.55 Å². The van der Waals surface area contributed by atoms with E-state index in [0.29, 0.717) is 25.1 Å². The minimum atomic E-state index is -1.90. The lowest BCUT2D eigenvalue weighted by Crippen LogP contribution is -2.44. The van der Waals surface area contributed by atoms with Crippen LogP contribution in [-0.4, -0.2) is 24.5 Å². The Kier molecular flexibility index (Phi) is 9.97. The smallest absolute Gasteiger partial charge is 0.257 e. The first-order valence-electron chi connectivity index (χ1n) is 14.5. The maximum atomic E-state index is 14.0. The predicted octanol–water partition coefficient (Wildman–Crippen LogP) is 8.07. The van der Waals surface area contributed by atoms with E-state index in [1.807, 2.05) is 47.9 Å². The van der Waals surface area contributed by atoms with Gasteiger partial charge < -0.3 is 4.43 Å². The average Bonchev–Trinajstić information content (AvgIpc) is 2.90. The molecule has 5 nitrogen and oxygen atoms in total. The van der Waals surface area contributed by atoms with E-state index in [0.717, 1.165) is 53.0 Å². The Morgan fingerprint density at radius 3 is 2.27 bits per heavy atom. The van der Waals surface area contributed by atoms with E-state index in [1.165, 1.54) is 0 Å². The monoisotopic (exact) mass is 557 g/mol. The molecule has 0 fully saturated rings. The molecule has 40 heavy (non-hydrogen) atoms. The Morgan fingerprint density at radius 2 is 1.68 bits per heavy atom. The molecule has 0 aliphatic heterocycles. The van der Waals surface area contributed by atoms with Crippen LogP contribution in [0.1, 0.15) is 82.6 Å². The molecule has 1 heterocycles. The maximum absolute atomic E-state index is 14.0. The van der Waals surface area contributed by atoms with Crippen molar-refractivity contribution in [3.63, 3.8) is 0 Å². The predicted molar refractivity (Wildman–Crippen MR) is 168 cm³/mol. The fourth-order valence-corrected chi connectivity index (χ4v) is 5.76. The van der Waals surface area contributed by atoms with E-state index >= 15 is 0 Å². The number of benzene rings is 2. The molecule has 0 saturated carbocycles. The first kappa shape index (κ1) is 31.5. The van der Waals surface area contributed by atoms with Crippen molar-refractivity contribution >= 4 is 8.32 Å². The van der Waals surface area contributed by atoms with Crippen LogP contribution in [0.2, 0.25) is 18.1 Å². The summed E-state index contributed by atoms with van der Waals surface area (Å²) in [6.07, 6.45) is 3.38. The van der Waals surface area contributed by atoms with Crippen LogP contribution in [0.5, 0.6) is 0 Å². The summed E-state index contributed by atoms with van der Waals surface area (Å²) >= 11 is 0. The van der Waals surface area contributed by atoms with Gasteiger partial charge in [0.2, 0.25) is 0 Å². The van der Waals surface area contributed by atoms with E-state index in [-0.39, 0.29) is 16.0 Å². The van der Waals surface area contributed by atoms with E-state index < -0.39 is 8.32 Å². The average molecular weight is 558 g/mol. The molecular formula is C34H47N3O2Si. The van der Waals surface area contributed by atoms with Gasteiger partial charge in [0.25, 0.3) is 5.56 Å². The molecule has 6 heteroatoms. The van der Waals surface area contributed by atoms with E-state index in [9.17, 15) is 10.1 Å². The van der Waals surface area contributed by atoms with Crippen LogP contribution in [-0.2, 0) is 23.8 Å². The van der Waals surface area contributed by atoms with Crippen molar-refractivity contribution in [1.29, 1.82) is 5.26 Å². The molecule has 2 aromatic carbocycles. The third kappa shape index (κ3) is 7.59.